The lowest BCUT2D eigenvalue weighted by atomic mass is 10.1. The van der Waals surface area contributed by atoms with E-state index in [1.165, 1.54) is 5.69 Å². The van der Waals surface area contributed by atoms with Gasteiger partial charge in [0.15, 0.2) is 0 Å². The number of nitrogens with zero attached hydrogens (tertiary/aromatic N) is 2. The summed E-state index contributed by atoms with van der Waals surface area (Å²) in [6.07, 6.45) is 0. The molecule has 0 saturated carbocycles. The number of rotatable bonds is 6. The first kappa shape index (κ1) is 18.3. The highest BCUT2D eigenvalue weighted by Crippen LogP contribution is 2.21. The maximum Gasteiger partial charge on any atom is 0.257 e. The lowest BCUT2D eigenvalue weighted by Crippen LogP contribution is -2.36. The van der Waals surface area contributed by atoms with Crippen molar-refractivity contribution in [2.75, 3.05) is 44.9 Å². The average Bonchev–Trinajstić information content (AvgIpc) is 2.69. The van der Waals surface area contributed by atoms with E-state index >= 15 is 0 Å². The lowest BCUT2D eigenvalue weighted by Gasteiger charge is -2.29. The Morgan fingerprint density at radius 2 is 1.81 bits per heavy atom. The summed E-state index contributed by atoms with van der Waals surface area (Å²) in [5, 5.41) is 0. The van der Waals surface area contributed by atoms with Gasteiger partial charge in [-0.15, -0.1) is 0 Å². The zero-order valence-electron chi connectivity index (χ0n) is 15.5. The van der Waals surface area contributed by atoms with Gasteiger partial charge in [0.1, 0.15) is 5.75 Å². The van der Waals surface area contributed by atoms with E-state index in [4.69, 9.17) is 9.47 Å². The predicted molar refractivity (Wildman–Crippen MR) is 103 cm³/mol. The van der Waals surface area contributed by atoms with Crippen LogP contribution in [0.5, 0.6) is 5.75 Å². The molecule has 5 nitrogen and oxygen atoms in total. The van der Waals surface area contributed by atoms with Gasteiger partial charge < -0.3 is 19.3 Å². The lowest BCUT2D eigenvalue weighted by molar-refractivity contribution is 0.0781. The number of morpholine rings is 1. The number of para-hydroxylation sites is 1. The van der Waals surface area contributed by atoms with E-state index in [-0.39, 0.29) is 5.91 Å². The fourth-order valence-corrected chi connectivity index (χ4v) is 3.11. The molecule has 3 rings (SSSR count). The molecule has 0 aliphatic carbocycles. The van der Waals surface area contributed by atoms with Gasteiger partial charge >= 0.3 is 0 Å². The predicted octanol–water partition coefficient (Wildman–Crippen LogP) is 3.19. The van der Waals surface area contributed by atoms with E-state index in [0.717, 1.165) is 31.9 Å². The van der Waals surface area contributed by atoms with Crippen LogP contribution >= 0.6 is 0 Å². The van der Waals surface area contributed by atoms with E-state index in [1.807, 2.05) is 38.2 Å². The minimum Gasteiger partial charge on any atom is -0.493 e. The molecule has 1 heterocycles. The largest absolute Gasteiger partial charge is 0.493 e. The number of amides is 1. The molecule has 0 radical (unpaired) electrons. The zero-order valence-corrected chi connectivity index (χ0v) is 15.5. The van der Waals surface area contributed by atoms with Crippen LogP contribution in [0.25, 0.3) is 0 Å². The van der Waals surface area contributed by atoms with Crippen LogP contribution in [0.3, 0.4) is 0 Å². The molecule has 138 valence electrons. The Bertz CT molecular complexity index is 724. The Hall–Kier alpha value is -2.53. The third-order valence-electron chi connectivity index (χ3n) is 4.50. The van der Waals surface area contributed by atoms with E-state index in [9.17, 15) is 4.79 Å². The molecule has 0 aromatic heterocycles. The fraction of sp³-hybridized carbons (Fsp3) is 0.381. The molecule has 2 aromatic rings. The second-order valence-corrected chi connectivity index (χ2v) is 6.36. The van der Waals surface area contributed by atoms with Crippen molar-refractivity contribution in [2.24, 2.45) is 0 Å². The van der Waals surface area contributed by atoms with Crippen LogP contribution in [-0.2, 0) is 11.3 Å². The van der Waals surface area contributed by atoms with Crippen molar-refractivity contribution in [3.8, 4) is 5.75 Å². The highest BCUT2D eigenvalue weighted by atomic mass is 16.5. The quantitative estimate of drug-likeness (QED) is 0.799. The standard InChI is InChI=1S/C21H26N2O3/c1-3-26-20-7-5-4-6-19(20)21(24)22(2)16-17-8-10-18(11-9-17)23-12-14-25-15-13-23/h4-11H,3,12-16H2,1-2H3. The summed E-state index contributed by atoms with van der Waals surface area (Å²) in [5.74, 6) is 0.598. The highest BCUT2D eigenvalue weighted by Gasteiger charge is 2.17. The summed E-state index contributed by atoms with van der Waals surface area (Å²) in [7, 11) is 1.82. The van der Waals surface area contributed by atoms with E-state index < -0.39 is 0 Å². The van der Waals surface area contributed by atoms with Crippen molar-refractivity contribution in [2.45, 2.75) is 13.5 Å². The van der Waals surface area contributed by atoms with Crippen molar-refractivity contribution in [3.63, 3.8) is 0 Å². The number of benzene rings is 2. The fourth-order valence-electron chi connectivity index (χ4n) is 3.11. The highest BCUT2D eigenvalue weighted by molar-refractivity contribution is 5.96. The Kier molecular flexibility index (Phi) is 6.12. The van der Waals surface area contributed by atoms with Crippen molar-refractivity contribution < 1.29 is 14.3 Å². The zero-order chi connectivity index (χ0) is 18.4. The summed E-state index contributed by atoms with van der Waals surface area (Å²) in [6, 6.07) is 15.8. The molecule has 1 amide bonds. The van der Waals surface area contributed by atoms with E-state index in [1.54, 1.807) is 4.90 Å². The van der Waals surface area contributed by atoms with Crippen LogP contribution in [0.4, 0.5) is 5.69 Å². The first-order valence-electron chi connectivity index (χ1n) is 9.08. The summed E-state index contributed by atoms with van der Waals surface area (Å²) in [5.41, 5.74) is 2.90. The number of hydrogen-bond acceptors (Lipinski definition) is 4. The van der Waals surface area contributed by atoms with Gasteiger partial charge in [-0.05, 0) is 36.8 Å². The van der Waals surface area contributed by atoms with Gasteiger partial charge in [0.2, 0.25) is 0 Å². The molecule has 1 aliphatic heterocycles. The number of carbonyl (C=O) groups excluding carboxylic acids is 1. The van der Waals surface area contributed by atoms with Crippen LogP contribution in [0.1, 0.15) is 22.8 Å². The first-order chi connectivity index (χ1) is 12.7. The summed E-state index contributed by atoms with van der Waals surface area (Å²) in [4.78, 5) is 16.8. The molecule has 1 aliphatic rings. The monoisotopic (exact) mass is 354 g/mol. The van der Waals surface area contributed by atoms with Gasteiger partial charge in [-0.3, -0.25) is 4.79 Å². The van der Waals surface area contributed by atoms with Crippen LogP contribution in [0.2, 0.25) is 0 Å². The van der Waals surface area contributed by atoms with Gasteiger partial charge in [-0.1, -0.05) is 24.3 Å². The number of ether oxygens (including phenoxy) is 2. The van der Waals surface area contributed by atoms with Gasteiger partial charge in [-0.2, -0.15) is 0 Å². The second kappa shape index (κ2) is 8.72. The summed E-state index contributed by atoms with van der Waals surface area (Å²) >= 11 is 0. The molecular formula is C21H26N2O3. The Labute approximate surface area is 155 Å². The minimum atomic E-state index is -0.0358. The molecule has 5 heteroatoms. The number of carbonyl (C=O) groups is 1. The third-order valence-corrected chi connectivity index (χ3v) is 4.50. The SMILES string of the molecule is CCOc1ccccc1C(=O)N(C)Cc1ccc(N2CCOCC2)cc1. The molecule has 0 N–H and O–H groups in total. The van der Waals surface area contributed by atoms with Gasteiger partial charge in [-0.25, -0.2) is 0 Å². The van der Waals surface area contributed by atoms with Crippen LogP contribution in [0, 0.1) is 0 Å². The van der Waals surface area contributed by atoms with Crippen LogP contribution in [0.15, 0.2) is 48.5 Å². The maximum atomic E-state index is 12.8. The Morgan fingerprint density at radius 1 is 1.12 bits per heavy atom. The normalized spacial score (nSPS) is 14.2. The number of anilines is 1. The van der Waals surface area contributed by atoms with Crippen molar-refractivity contribution in [3.05, 3.63) is 59.7 Å². The van der Waals surface area contributed by atoms with Gasteiger partial charge in [0.25, 0.3) is 5.91 Å². The van der Waals surface area contributed by atoms with Crippen LogP contribution in [-0.4, -0.2) is 50.8 Å². The Morgan fingerprint density at radius 3 is 2.50 bits per heavy atom. The molecule has 1 fully saturated rings. The maximum absolute atomic E-state index is 12.8. The molecule has 0 atom stereocenters. The smallest absolute Gasteiger partial charge is 0.257 e. The van der Waals surface area contributed by atoms with E-state index in [2.05, 4.69) is 29.2 Å². The van der Waals surface area contributed by atoms with E-state index in [0.29, 0.717) is 24.5 Å². The van der Waals surface area contributed by atoms with Crippen molar-refractivity contribution in [1.29, 1.82) is 0 Å². The topological polar surface area (TPSA) is 42.0 Å². The molecule has 26 heavy (non-hydrogen) atoms. The molecule has 0 unspecified atom stereocenters. The number of hydrogen-bond donors (Lipinski definition) is 0. The van der Waals surface area contributed by atoms with Crippen molar-refractivity contribution in [1.82, 2.24) is 4.90 Å². The molecular weight excluding hydrogens is 328 g/mol. The Balaban J connectivity index is 1.65. The third kappa shape index (κ3) is 4.35. The van der Waals surface area contributed by atoms with Crippen molar-refractivity contribution >= 4 is 11.6 Å². The molecule has 0 bridgehead atoms. The average molecular weight is 354 g/mol. The van der Waals surface area contributed by atoms with Crippen LogP contribution < -0.4 is 9.64 Å². The molecule has 2 aromatic carbocycles. The minimum absolute atomic E-state index is 0.0358. The second-order valence-electron chi connectivity index (χ2n) is 6.36. The summed E-state index contributed by atoms with van der Waals surface area (Å²) < 4.78 is 11.0. The molecule has 1 saturated heterocycles. The first-order valence-corrected chi connectivity index (χ1v) is 9.08. The van der Waals surface area contributed by atoms with Gasteiger partial charge in [0.05, 0.1) is 25.4 Å². The summed E-state index contributed by atoms with van der Waals surface area (Å²) in [6.45, 7) is 6.41. The van der Waals surface area contributed by atoms with Gasteiger partial charge in [0, 0.05) is 32.4 Å². The molecule has 0 spiro atoms.